The van der Waals surface area contributed by atoms with Gasteiger partial charge in [-0.3, -0.25) is 4.90 Å². The molecule has 0 fully saturated rings. The number of rotatable bonds is 5. The summed E-state index contributed by atoms with van der Waals surface area (Å²) in [5.41, 5.74) is 0.246. The molecule has 0 saturated carbocycles. The Morgan fingerprint density at radius 2 is 1.58 bits per heavy atom. The van der Waals surface area contributed by atoms with Crippen molar-refractivity contribution in [2.24, 2.45) is 0 Å². The maximum absolute atomic E-state index is 15.1. The van der Waals surface area contributed by atoms with Crippen LogP contribution in [0.3, 0.4) is 0 Å². The van der Waals surface area contributed by atoms with E-state index in [1.165, 1.54) is 38.2 Å². The van der Waals surface area contributed by atoms with Crippen LogP contribution in [-0.2, 0) is 23.7 Å². The van der Waals surface area contributed by atoms with Crippen molar-refractivity contribution in [2.45, 2.75) is 51.4 Å². The molecule has 1 aliphatic rings. The molecule has 0 unspecified atom stereocenters. The highest BCUT2D eigenvalue weighted by Crippen LogP contribution is 2.43. The van der Waals surface area contributed by atoms with Gasteiger partial charge in [0, 0.05) is 31.8 Å². The van der Waals surface area contributed by atoms with Gasteiger partial charge in [0.05, 0.1) is 5.56 Å². The first-order valence-electron chi connectivity index (χ1n) is 8.71. The van der Waals surface area contributed by atoms with Crippen molar-refractivity contribution >= 4 is 0 Å². The summed E-state index contributed by atoms with van der Waals surface area (Å²) in [5, 5.41) is 0. The van der Waals surface area contributed by atoms with Crippen LogP contribution >= 0.6 is 0 Å². The highest BCUT2D eigenvalue weighted by atomic mass is 19.3. The third-order valence-corrected chi connectivity index (χ3v) is 5.50. The minimum Gasteiger partial charge on any atom is -0.372 e. The van der Waals surface area contributed by atoms with Crippen LogP contribution in [0.5, 0.6) is 0 Å². The monoisotopic (exact) mass is 363 g/mol. The molecule has 140 valence electrons. The lowest BCUT2D eigenvalue weighted by Crippen LogP contribution is -2.43. The van der Waals surface area contributed by atoms with Crippen LogP contribution < -0.4 is 0 Å². The molecule has 2 aromatic rings. The fourth-order valence-electron chi connectivity index (χ4n) is 3.40. The van der Waals surface area contributed by atoms with Gasteiger partial charge in [-0.2, -0.15) is 8.78 Å². The summed E-state index contributed by atoms with van der Waals surface area (Å²) in [5.74, 6) is -4.30. The molecule has 2 aromatic carbocycles. The van der Waals surface area contributed by atoms with Gasteiger partial charge in [0.1, 0.15) is 11.4 Å². The second-order valence-corrected chi connectivity index (χ2v) is 7.35. The zero-order valence-corrected chi connectivity index (χ0v) is 15.5. The van der Waals surface area contributed by atoms with Crippen LogP contribution in [0.15, 0.2) is 42.5 Å². The molecule has 0 spiro atoms. The fourth-order valence-corrected chi connectivity index (χ4v) is 3.40. The van der Waals surface area contributed by atoms with E-state index in [0.29, 0.717) is 13.1 Å². The Hall–Kier alpha value is -1.85. The van der Waals surface area contributed by atoms with E-state index >= 15 is 4.39 Å². The second kappa shape index (κ2) is 6.71. The SMILES string of the molecule is COC(C)(C)C(F)(F)c1cccc([C@@H](C)N2Cc3ccccc3C2)c1F. The van der Waals surface area contributed by atoms with Crippen LogP contribution in [-0.4, -0.2) is 17.6 Å². The van der Waals surface area contributed by atoms with Crippen LogP contribution in [0, 0.1) is 5.82 Å². The van der Waals surface area contributed by atoms with E-state index in [2.05, 4.69) is 4.90 Å². The van der Waals surface area contributed by atoms with Gasteiger partial charge in [-0.1, -0.05) is 36.4 Å². The summed E-state index contributed by atoms with van der Waals surface area (Å²) in [6, 6.07) is 11.9. The maximum Gasteiger partial charge on any atom is 0.303 e. The summed E-state index contributed by atoms with van der Waals surface area (Å²) in [7, 11) is 1.21. The van der Waals surface area contributed by atoms with Gasteiger partial charge >= 0.3 is 5.92 Å². The van der Waals surface area contributed by atoms with Crippen molar-refractivity contribution in [3.05, 3.63) is 70.5 Å². The number of alkyl halides is 2. The number of hydrogen-bond acceptors (Lipinski definition) is 2. The number of fused-ring (bicyclic) bond motifs is 1. The van der Waals surface area contributed by atoms with E-state index in [0.717, 1.165) is 6.07 Å². The number of benzene rings is 2. The standard InChI is InChI=1S/C21H24F3NO/c1-14(25-12-15-8-5-6-9-16(15)13-25)17-10-7-11-18(19(17)22)21(23,24)20(2,3)26-4/h5-11,14H,12-13H2,1-4H3/t14-/m1/s1. The highest BCUT2D eigenvalue weighted by molar-refractivity contribution is 5.35. The van der Waals surface area contributed by atoms with Crippen molar-refractivity contribution in [2.75, 3.05) is 7.11 Å². The summed E-state index contributed by atoms with van der Waals surface area (Å²) in [6.07, 6.45) is 0. The van der Waals surface area contributed by atoms with Crippen molar-refractivity contribution in [3.8, 4) is 0 Å². The number of halogens is 3. The lowest BCUT2D eigenvalue weighted by Gasteiger charge is -2.34. The molecule has 0 bridgehead atoms. The molecule has 0 aliphatic carbocycles. The molecule has 26 heavy (non-hydrogen) atoms. The minimum atomic E-state index is -3.45. The second-order valence-electron chi connectivity index (χ2n) is 7.35. The zero-order valence-electron chi connectivity index (χ0n) is 15.5. The number of hydrogen-bond donors (Lipinski definition) is 0. The van der Waals surface area contributed by atoms with Gasteiger partial charge < -0.3 is 4.74 Å². The Labute approximate surface area is 152 Å². The van der Waals surface area contributed by atoms with E-state index < -0.39 is 22.9 Å². The molecule has 2 nitrogen and oxygen atoms in total. The Morgan fingerprint density at radius 3 is 2.12 bits per heavy atom. The maximum atomic E-state index is 15.1. The van der Waals surface area contributed by atoms with Gasteiger partial charge in [-0.25, -0.2) is 4.39 Å². The van der Waals surface area contributed by atoms with E-state index in [1.54, 1.807) is 6.07 Å². The molecule has 0 N–H and O–H groups in total. The summed E-state index contributed by atoms with van der Waals surface area (Å²) in [6.45, 7) is 5.74. The Kier molecular flexibility index (Phi) is 4.88. The normalized spacial score (nSPS) is 16.6. The van der Waals surface area contributed by atoms with Crippen molar-refractivity contribution in [1.82, 2.24) is 4.90 Å². The van der Waals surface area contributed by atoms with E-state index in [-0.39, 0.29) is 11.6 Å². The molecule has 0 radical (unpaired) electrons. The number of nitrogens with zero attached hydrogens (tertiary/aromatic N) is 1. The number of methoxy groups -OCH3 is 1. The van der Waals surface area contributed by atoms with Crippen molar-refractivity contribution < 1.29 is 17.9 Å². The summed E-state index contributed by atoms with van der Waals surface area (Å²) < 4.78 is 49.7. The van der Waals surface area contributed by atoms with Crippen LogP contribution in [0.4, 0.5) is 13.2 Å². The Balaban J connectivity index is 1.93. The molecule has 5 heteroatoms. The smallest absolute Gasteiger partial charge is 0.303 e. The van der Waals surface area contributed by atoms with Gasteiger partial charge in [-0.05, 0) is 38.0 Å². The van der Waals surface area contributed by atoms with Crippen LogP contribution in [0.2, 0.25) is 0 Å². The number of ether oxygens (including phenoxy) is 1. The summed E-state index contributed by atoms with van der Waals surface area (Å²) in [4.78, 5) is 2.09. The van der Waals surface area contributed by atoms with E-state index in [1.807, 2.05) is 31.2 Å². The largest absolute Gasteiger partial charge is 0.372 e. The van der Waals surface area contributed by atoms with Crippen LogP contribution in [0.25, 0.3) is 0 Å². The van der Waals surface area contributed by atoms with Gasteiger partial charge in [0.15, 0.2) is 0 Å². The first kappa shape index (κ1) is 18.9. The lowest BCUT2D eigenvalue weighted by molar-refractivity contribution is -0.186. The lowest BCUT2D eigenvalue weighted by atomic mass is 9.90. The van der Waals surface area contributed by atoms with Crippen molar-refractivity contribution in [1.29, 1.82) is 0 Å². The fraction of sp³-hybridized carbons (Fsp3) is 0.429. The molecule has 0 amide bonds. The van der Waals surface area contributed by atoms with E-state index in [4.69, 9.17) is 4.74 Å². The molecule has 0 aromatic heterocycles. The first-order valence-corrected chi connectivity index (χ1v) is 8.71. The summed E-state index contributed by atoms with van der Waals surface area (Å²) >= 11 is 0. The highest BCUT2D eigenvalue weighted by Gasteiger charge is 2.50. The third-order valence-electron chi connectivity index (χ3n) is 5.50. The topological polar surface area (TPSA) is 12.5 Å². The third kappa shape index (κ3) is 3.03. The molecular weight excluding hydrogens is 339 g/mol. The van der Waals surface area contributed by atoms with Gasteiger partial charge in [0.2, 0.25) is 0 Å². The average molecular weight is 363 g/mol. The van der Waals surface area contributed by atoms with Gasteiger partial charge in [0.25, 0.3) is 0 Å². The molecule has 3 rings (SSSR count). The predicted molar refractivity (Wildman–Crippen MR) is 95.5 cm³/mol. The zero-order chi connectivity index (χ0) is 19.1. The molecule has 1 atom stereocenters. The average Bonchev–Trinajstić information content (AvgIpc) is 3.05. The molecule has 0 saturated heterocycles. The molecule has 1 heterocycles. The molecule has 1 aliphatic heterocycles. The molecular formula is C21H24F3NO. The predicted octanol–water partition coefficient (Wildman–Crippen LogP) is 5.42. The van der Waals surface area contributed by atoms with Gasteiger partial charge in [-0.15, -0.1) is 0 Å². The Morgan fingerprint density at radius 1 is 1.00 bits per heavy atom. The Bertz CT molecular complexity index is 779. The van der Waals surface area contributed by atoms with Crippen molar-refractivity contribution in [3.63, 3.8) is 0 Å². The van der Waals surface area contributed by atoms with E-state index in [9.17, 15) is 8.78 Å². The van der Waals surface area contributed by atoms with Crippen LogP contribution in [0.1, 0.15) is 49.1 Å². The minimum absolute atomic E-state index is 0.280. The quantitative estimate of drug-likeness (QED) is 0.703. The first-order chi connectivity index (χ1) is 12.2.